The van der Waals surface area contributed by atoms with Crippen LogP contribution >= 0.6 is 0 Å². The molecule has 0 bridgehead atoms. The van der Waals surface area contributed by atoms with E-state index in [-0.39, 0.29) is 24.5 Å². The van der Waals surface area contributed by atoms with Gasteiger partial charge in [-0.15, -0.1) is 0 Å². The fraction of sp³-hybridized carbons (Fsp3) is 0.261. The smallest absolute Gasteiger partial charge is 0.342 e. The van der Waals surface area contributed by atoms with E-state index in [1.165, 1.54) is 13.0 Å². The molecule has 1 amide bonds. The molecule has 1 aliphatic heterocycles. The van der Waals surface area contributed by atoms with Crippen molar-refractivity contribution in [3.8, 4) is 5.75 Å². The van der Waals surface area contributed by atoms with Crippen molar-refractivity contribution < 1.29 is 23.5 Å². The number of ether oxygens (including phenoxy) is 2. The minimum absolute atomic E-state index is 0.0190. The average Bonchev–Trinajstić information content (AvgIpc) is 2.99. The SMILES string of the molecule is CC(=O)Nc1ccc2c(COC(=O)c3cccc4c3O[C@H](C)[C@H]4C)cc(=O)oc2c1. The van der Waals surface area contributed by atoms with Crippen molar-refractivity contribution in [3.63, 3.8) is 0 Å². The topological polar surface area (TPSA) is 94.8 Å². The maximum Gasteiger partial charge on any atom is 0.342 e. The van der Waals surface area contributed by atoms with Gasteiger partial charge in [-0.1, -0.05) is 19.1 Å². The van der Waals surface area contributed by atoms with Gasteiger partial charge in [-0.25, -0.2) is 9.59 Å². The van der Waals surface area contributed by atoms with Crippen molar-refractivity contribution in [1.29, 1.82) is 0 Å². The van der Waals surface area contributed by atoms with Gasteiger partial charge in [0.1, 0.15) is 29.6 Å². The molecular weight excluding hydrogens is 386 g/mol. The maximum atomic E-state index is 12.7. The number of para-hydroxylation sites is 1. The summed E-state index contributed by atoms with van der Waals surface area (Å²) in [6.45, 7) is 5.30. The van der Waals surface area contributed by atoms with Crippen LogP contribution < -0.4 is 15.7 Å². The normalized spacial score (nSPS) is 17.3. The Morgan fingerprint density at radius 2 is 1.93 bits per heavy atom. The van der Waals surface area contributed by atoms with Gasteiger partial charge >= 0.3 is 11.6 Å². The average molecular weight is 407 g/mol. The van der Waals surface area contributed by atoms with Gasteiger partial charge in [-0.3, -0.25) is 4.79 Å². The Labute approximate surface area is 172 Å². The number of hydrogen-bond donors (Lipinski definition) is 1. The van der Waals surface area contributed by atoms with E-state index in [9.17, 15) is 14.4 Å². The molecule has 0 radical (unpaired) electrons. The molecule has 1 aromatic heterocycles. The second kappa shape index (κ2) is 7.67. The highest BCUT2D eigenvalue weighted by Gasteiger charge is 2.31. The van der Waals surface area contributed by atoms with Crippen LogP contribution in [-0.2, 0) is 16.1 Å². The van der Waals surface area contributed by atoms with Crippen LogP contribution in [-0.4, -0.2) is 18.0 Å². The first kappa shape index (κ1) is 19.7. The van der Waals surface area contributed by atoms with Crippen molar-refractivity contribution in [2.75, 3.05) is 5.32 Å². The van der Waals surface area contributed by atoms with Crippen LogP contribution in [0, 0.1) is 0 Å². The largest absolute Gasteiger partial charge is 0.489 e. The van der Waals surface area contributed by atoms with Gasteiger partial charge in [0.15, 0.2) is 0 Å². The molecular formula is C23H21NO6. The molecule has 7 heteroatoms. The summed E-state index contributed by atoms with van der Waals surface area (Å²) in [5.74, 6) is -0.0134. The summed E-state index contributed by atoms with van der Waals surface area (Å²) in [4.78, 5) is 35.9. The summed E-state index contributed by atoms with van der Waals surface area (Å²) < 4.78 is 16.6. The Hall–Kier alpha value is -3.61. The zero-order valence-electron chi connectivity index (χ0n) is 16.9. The standard InChI is InChI=1S/C23H21NO6/c1-12-13(2)29-22-17(12)5-4-6-19(22)23(27)28-11-15-9-21(26)30-20-10-16(24-14(3)25)7-8-18(15)20/h4-10,12-13H,11H2,1-3H3,(H,24,25)/t12-,13-/m1/s1. The Morgan fingerprint density at radius 3 is 2.70 bits per heavy atom. The van der Waals surface area contributed by atoms with Crippen molar-refractivity contribution in [2.45, 2.75) is 39.4 Å². The van der Waals surface area contributed by atoms with E-state index in [4.69, 9.17) is 13.9 Å². The first-order valence-corrected chi connectivity index (χ1v) is 9.64. The predicted octanol–water partition coefficient (Wildman–Crippen LogP) is 3.99. The fourth-order valence-electron chi connectivity index (χ4n) is 3.60. The van der Waals surface area contributed by atoms with Gasteiger partial charge < -0.3 is 19.2 Å². The third-order valence-electron chi connectivity index (χ3n) is 5.27. The molecule has 3 aromatic rings. The van der Waals surface area contributed by atoms with Crippen molar-refractivity contribution in [2.24, 2.45) is 0 Å². The lowest BCUT2D eigenvalue weighted by atomic mass is 9.97. The lowest BCUT2D eigenvalue weighted by Gasteiger charge is -2.11. The highest BCUT2D eigenvalue weighted by atomic mass is 16.5. The zero-order valence-corrected chi connectivity index (χ0v) is 16.9. The molecule has 0 saturated carbocycles. The van der Waals surface area contributed by atoms with E-state index in [0.29, 0.717) is 33.5 Å². The number of fused-ring (bicyclic) bond motifs is 2. The number of carbonyl (C=O) groups excluding carboxylic acids is 2. The number of benzene rings is 2. The van der Waals surface area contributed by atoms with Gasteiger partial charge in [-0.05, 0) is 25.1 Å². The van der Waals surface area contributed by atoms with Crippen LogP contribution in [0.15, 0.2) is 51.7 Å². The molecule has 0 fully saturated rings. The van der Waals surface area contributed by atoms with Gasteiger partial charge in [0.05, 0.1) is 0 Å². The van der Waals surface area contributed by atoms with Gasteiger partial charge in [-0.2, -0.15) is 0 Å². The van der Waals surface area contributed by atoms with Gasteiger partial charge in [0, 0.05) is 47.2 Å². The second-order valence-corrected chi connectivity index (χ2v) is 7.39. The summed E-state index contributed by atoms with van der Waals surface area (Å²) >= 11 is 0. The summed E-state index contributed by atoms with van der Waals surface area (Å²) in [5, 5.41) is 3.26. The van der Waals surface area contributed by atoms with E-state index < -0.39 is 11.6 Å². The van der Waals surface area contributed by atoms with Crippen molar-refractivity contribution in [3.05, 3.63) is 69.6 Å². The first-order chi connectivity index (χ1) is 14.3. The Balaban J connectivity index is 1.59. The van der Waals surface area contributed by atoms with Gasteiger partial charge in [0.25, 0.3) is 0 Å². The zero-order chi connectivity index (χ0) is 21.4. The summed E-state index contributed by atoms with van der Waals surface area (Å²) in [5.41, 5.74) is 2.09. The van der Waals surface area contributed by atoms with Crippen LogP contribution in [0.3, 0.4) is 0 Å². The minimum Gasteiger partial charge on any atom is -0.489 e. The molecule has 1 N–H and O–H groups in total. The highest BCUT2D eigenvalue weighted by molar-refractivity contribution is 5.94. The molecule has 2 atom stereocenters. The first-order valence-electron chi connectivity index (χ1n) is 9.64. The molecule has 0 unspecified atom stereocenters. The highest BCUT2D eigenvalue weighted by Crippen LogP contribution is 2.40. The molecule has 2 aromatic carbocycles. The number of hydrogen-bond acceptors (Lipinski definition) is 6. The van der Waals surface area contributed by atoms with Crippen LogP contribution in [0.4, 0.5) is 5.69 Å². The van der Waals surface area contributed by atoms with Crippen LogP contribution in [0.1, 0.15) is 48.2 Å². The Bertz CT molecular complexity index is 1210. The molecule has 0 spiro atoms. The molecule has 7 nitrogen and oxygen atoms in total. The number of amides is 1. The minimum atomic E-state index is -0.569. The summed E-state index contributed by atoms with van der Waals surface area (Å²) in [6, 6.07) is 11.7. The summed E-state index contributed by atoms with van der Waals surface area (Å²) in [7, 11) is 0. The molecule has 0 aliphatic carbocycles. The number of rotatable bonds is 4. The number of esters is 1. The summed E-state index contributed by atoms with van der Waals surface area (Å²) in [6.07, 6.45) is -0.0190. The lowest BCUT2D eigenvalue weighted by Crippen LogP contribution is -2.12. The second-order valence-electron chi connectivity index (χ2n) is 7.39. The van der Waals surface area contributed by atoms with E-state index >= 15 is 0 Å². The molecule has 4 rings (SSSR count). The fourth-order valence-corrected chi connectivity index (χ4v) is 3.60. The monoisotopic (exact) mass is 407 g/mol. The third kappa shape index (κ3) is 3.66. The van der Waals surface area contributed by atoms with Crippen LogP contribution in [0.25, 0.3) is 11.0 Å². The van der Waals surface area contributed by atoms with Crippen LogP contribution in [0.2, 0.25) is 0 Å². The number of carbonyl (C=O) groups is 2. The lowest BCUT2D eigenvalue weighted by molar-refractivity contribution is -0.114. The van der Waals surface area contributed by atoms with E-state index in [1.54, 1.807) is 24.3 Å². The number of nitrogens with one attached hydrogen (secondary N) is 1. The molecule has 30 heavy (non-hydrogen) atoms. The molecule has 1 aliphatic rings. The Kier molecular flexibility index (Phi) is 5.03. The number of anilines is 1. The van der Waals surface area contributed by atoms with Crippen LogP contribution in [0.5, 0.6) is 5.75 Å². The van der Waals surface area contributed by atoms with E-state index in [1.807, 2.05) is 19.1 Å². The molecule has 2 heterocycles. The molecule has 0 saturated heterocycles. The van der Waals surface area contributed by atoms with Gasteiger partial charge in [0.2, 0.25) is 5.91 Å². The van der Waals surface area contributed by atoms with E-state index in [0.717, 1.165) is 5.56 Å². The molecule has 154 valence electrons. The third-order valence-corrected chi connectivity index (χ3v) is 5.27. The van der Waals surface area contributed by atoms with E-state index in [2.05, 4.69) is 12.2 Å². The quantitative estimate of drug-likeness (QED) is 0.519. The Morgan fingerprint density at radius 1 is 1.13 bits per heavy atom. The van der Waals surface area contributed by atoms with Crippen molar-refractivity contribution in [1.82, 2.24) is 0 Å². The predicted molar refractivity (Wildman–Crippen MR) is 111 cm³/mol. The van der Waals surface area contributed by atoms with Crippen molar-refractivity contribution >= 4 is 28.5 Å². The maximum absolute atomic E-state index is 12.7.